The Morgan fingerprint density at radius 3 is 1.24 bits per heavy atom. The van der Waals surface area contributed by atoms with Gasteiger partial charge in [0.25, 0.3) is 0 Å². The van der Waals surface area contributed by atoms with Crippen molar-refractivity contribution in [3.05, 3.63) is 35.4 Å². The minimum absolute atomic E-state index is 0.0557. The quantitative estimate of drug-likeness (QED) is 0.198. The second kappa shape index (κ2) is 11.5. The Balaban J connectivity index is 2.31. The highest BCUT2D eigenvalue weighted by Crippen LogP contribution is 2.65. The summed E-state index contributed by atoms with van der Waals surface area (Å²) in [6.45, 7) is 2.04. The zero-order valence-electron chi connectivity index (χ0n) is 21.5. The molecule has 0 spiro atoms. The van der Waals surface area contributed by atoms with Crippen LogP contribution < -0.4 is 0 Å². The number of aryl methyl sites for hydroxylation is 1. The highest BCUT2D eigenvalue weighted by Gasteiger charge is 2.95. The third kappa shape index (κ3) is 5.77. The van der Waals surface area contributed by atoms with Crippen LogP contribution in [-0.2, 0) is 12.3 Å². The van der Waals surface area contributed by atoms with E-state index >= 15 is 0 Å². The van der Waals surface area contributed by atoms with E-state index in [2.05, 4.69) is 0 Å². The van der Waals surface area contributed by atoms with Gasteiger partial charge in [0.15, 0.2) is 0 Å². The van der Waals surface area contributed by atoms with Gasteiger partial charge in [0, 0.05) is 5.56 Å². The second-order valence-corrected chi connectivity index (χ2v) is 10.4. The highest BCUT2D eigenvalue weighted by molar-refractivity contribution is 5.29. The van der Waals surface area contributed by atoms with E-state index in [1.807, 2.05) is 6.92 Å². The lowest BCUT2D eigenvalue weighted by Gasteiger charge is -2.42. The van der Waals surface area contributed by atoms with E-state index in [9.17, 15) is 74.6 Å². The Morgan fingerprint density at radius 1 is 0.500 bits per heavy atom. The van der Waals surface area contributed by atoms with Crippen molar-refractivity contribution in [3.8, 4) is 0 Å². The SMILES string of the molecule is CCCC1CCC(CCc2ccc(C(F)(F)C(F)(F)C(F)(F)C(F)(F)C(F)(F)C(F)(F)C(F)(F)C(F)(F)F)cc2)CC1. The monoisotopic (exact) mass is 648 g/mol. The van der Waals surface area contributed by atoms with Crippen molar-refractivity contribution in [2.45, 2.75) is 106 Å². The fraction of sp³-hybridized carbons (Fsp3) is 0.760. The predicted octanol–water partition coefficient (Wildman–Crippen LogP) is 10.7. The Bertz CT molecular complexity index is 1030. The number of alkyl halides is 17. The van der Waals surface area contributed by atoms with Crippen molar-refractivity contribution in [3.63, 3.8) is 0 Å². The number of halogens is 17. The van der Waals surface area contributed by atoms with Crippen LogP contribution in [0.4, 0.5) is 74.6 Å². The van der Waals surface area contributed by atoms with Gasteiger partial charge >= 0.3 is 47.6 Å². The molecular weight excluding hydrogens is 623 g/mol. The summed E-state index contributed by atoms with van der Waals surface area (Å²) in [6.07, 6.45) is -1.38. The van der Waals surface area contributed by atoms with Gasteiger partial charge in [-0.15, -0.1) is 0 Å². The van der Waals surface area contributed by atoms with E-state index in [1.165, 1.54) is 0 Å². The Morgan fingerprint density at radius 2 is 0.857 bits per heavy atom. The first kappa shape index (κ1) is 36.2. The average Bonchev–Trinajstić information content (AvgIpc) is 2.87. The molecule has 0 bridgehead atoms. The Hall–Kier alpha value is -1.97. The minimum atomic E-state index is -8.62. The molecule has 1 aliphatic rings. The third-order valence-electron chi connectivity index (χ3n) is 7.54. The Kier molecular flexibility index (Phi) is 9.93. The number of rotatable bonds is 12. The maximum Gasteiger partial charge on any atom is 0.460 e. The van der Waals surface area contributed by atoms with Crippen LogP contribution in [0.25, 0.3) is 0 Å². The normalized spacial score (nSPS) is 20.6. The highest BCUT2D eigenvalue weighted by atomic mass is 19.4. The fourth-order valence-electron chi connectivity index (χ4n) is 4.81. The van der Waals surface area contributed by atoms with E-state index in [0.29, 0.717) is 24.5 Å². The molecule has 0 saturated heterocycles. The van der Waals surface area contributed by atoms with Gasteiger partial charge in [-0.2, -0.15) is 74.6 Å². The van der Waals surface area contributed by atoms with E-state index in [0.717, 1.165) is 38.5 Å². The van der Waals surface area contributed by atoms with E-state index in [1.54, 1.807) is 0 Å². The lowest BCUT2D eigenvalue weighted by molar-refractivity contribution is -0.462. The molecule has 42 heavy (non-hydrogen) atoms. The first-order valence-corrected chi connectivity index (χ1v) is 12.5. The zero-order valence-corrected chi connectivity index (χ0v) is 21.5. The summed E-state index contributed by atoms with van der Waals surface area (Å²) < 4.78 is 229. The van der Waals surface area contributed by atoms with Crippen LogP contribution >= 0.6 is 0 Å². The first-order valence-electron chi connectivity index (χ1n) is 12.5. The molecule has 0 unspecified atom stereocenters. The van der Waals surface area contributed by atoms with Crippen LogP contribution in [0.5, 0.6) is 0 Å². The summed E-state index contributed by atoms with van der Waals surface area (Å²) in [5.41, 5.74) is -1.98. The molecule has 2 rings (SSSR count). The Labute approximate surface area is 228 Å². The molecule has 1 saturated carbocycles. The second-order valence-electron chi connectivity index (χ2n) is 10.4. The van der Waals surface area contributed by atoms with E-state index < -0.39 is 53.2 Å². The smallest absolute Gasteiger partial charge is 0.194 e. The molecule has 0 N–H and O–H groups in total. The van der Waals surface area contributed by atoms with Crippen molar-refractivity contribution in [2.24, 2.45) is 11.8 Å². The van der Waals surface area contributed by atoms with Crippen LogP contribution in [0.15, 0.2) is 24.3 Å². The molecule has 1 aromatic rings. The standard InChI is InChI=1S/C25H25F17/c1-2-3-14-4-6-15(7-5-14)8-9-16-10-12-17(13-11-16)18(26,27)19(28,29)20(30,31)21(32,33)22(34,35)23(36,37)24(38,39)25(40,41)42/h10-15H,2-9H2,1H3. The van der Waals surface area contributed by atoms with Crippen molar-refractivity contribution in [2.75, 3.05) is 0 Å². The fourth-order valence-corrected chi connectivity index (χ4v) is 4.81. The van der Waals surface area contributed by atoms with Gasteiger partial charge in [0.2, 0.25) is 0 Å². The molecule has 0 nitrogen and oxygen atoms in total. The summed E-state index contributed by atoms with van der Waals surface area (Å²) in [7, 11) is 0. The lowest BCUT2D eigenvalue weighted by Crippen LogP contribution is -2.74. The van der Waals surface area contributed by atoms with E-state index in [-0.39, 0.29) is 30.0 Å². The molecule has 0 aromatic heterocycles. The summed E-state index contributed by atoms with van der Waals surface area (Å²) in [5, 5.41) is 0. The molecule has 0 amide bonds. The summed E-state index contributed by atoms with van der Waals surface area (Å²) in [5.74, 6) is -55.6. The van der Waals surface area contributed by atoms with Crippen LogP contribution in [0.1, 0.15) is 63.0 Å². The molecule has 0 radical (unpaired) electrons. The molecule has 17 heteroatoms. The lowest BCUT2D eigenvalue weighted by atomic mass is 9.78. The van der Waals surface area contributed by atoms with Gasteiger partial charge in [0.1, 0.15) is 0 Å². The molecule has 1 fully saturated rings. The molecule has 0 heterocycles. The minimum Gasteiger partial charge on any atom is -0.194 e. The molecule has 0 atom stereocenters. The number of benzene rings is 1. The number of hydrogen-bond acceptors (Lipinski definition) is 0. The van der Waals surface area contributed by atoms with Gasteiger partial charge in [-0.3, -0.25) is 0 Å². The maximum atomic E-state index is 14.5. The van der Waals surface area contributed by atoms with Gasteiger partial charge in [-0.25, -0.2) is 0 Å². The van der Waals surface area contributed by atoms with Crippen molar-refractivity contribution in [1.82, 2.24) is 0 Å². The van der Waals surface area contributed by atoms with Crippen LogP contribution in [-0.4, -0.2) is 41.7 Å². The third-order valence-corrected chi connectivity index (χ3v) is 7.54. The van der Waals surface area contributed by atoms with Crippen molar-refractivity contribution in [1.29, 1.82) is 0 Å². The first-order chi connectivity index (χ1) is 18.7. The largest absolute Gasteiger partial charge is 0.460 e. The summed E-state index contributed by atoms with van der Waals surface area (Å²) >= 11 is 0. The molecule has 1 aliphatic carbocycles. The zero-order chi connectivity index (χ0) is 32.8. The van der Waals surface area contributed by atoms with Gasteiger partial charge in [-0.05, 0) is 30.2 Å². The topological polar surface area (TPSA) is 0 Å². The molecule has 244 valence electrons. The van der Waals surface area contributed by atoms with Crippen LogP contribution in [0.2, 0.25) is 0 Å². The van der Waals surface area contributed by atoms with Gasteiger partial charge in [0.05, 0.1) is 0 Å². The molecular formula is C25H25F17. The maximum absolute atomic E-state index is 14.5. The van der Waals surface area contributed by atoms with Crippen LogP contribution in [0.3, 0.4) is 0 Å². The van der Waals surface area contributed by atoms with Crippen molar-refractivity contribution >= 4 is 0 Å². The molecule has 1 aromatic carbocycles. The van der Waals surface area contributed by atoms with Gasteiger partial charge < -0.3 is 0 Å². The predicted molar refractivity (Wildman–Crippen MR) is 115 cm³/mol. The van der Waals surface area contributed by atoms with Crippen molar-refractivity contribution < 1.29 is 74.6 Å². The van der Waals surface area contributed by atoms with Gasteiger partial charge in [-0.1, -0.05) is 69.7 Å². The average molecular weight is 648 g/mol. The summed E-state index contributed by atoms with van der Waals surface area (Å²) in [4.78, 5) is 0. The summed E-state index contributed by atoms with van der Waals surface area (Å²) in [6, 6.07) is 1.54. The van der Waals surface area contributed by atoms with Crippen LogP contribution in [0, 0.1) is 11.8 Å². The van der Waals surface area contributed by atoms with E-state index in [4.69, 9.17) is 0 Å². The number of hydrogen-bond donors (Lipinski definition) is 0. The molecule has 0 aliphatic heterocycles.